The second-order valence-electron chi connectivity index (χ2n) is 3.38. The van der Waals surface area contributed by atoms with E-state index >= 15 is 0 Å². The molecule has 4 nitrogen and oxygen atoms in total. The third-order valence-corrected chi connectivity index (χ3v) is 2.16. The molecule has 4 heteroatoms. The first-order valence-corrected chi connectivity index (χ1v) is 4.68. The molecule has 0 spiro atoms. The molecule has 0 aliphatic rings. The number of carbonyl (C=O) groups is 2. The Morgan fingerprint density at radius 1 is 1.47 bits per heavy atom. The Hall–Kier alpha value is -1.68. The van der Waals surface area contributed by atoms with Gasteiger partial charge in [0.25, 0.3) is 0 Å². The van der Waals surface area contributed by atoms with Gasteiger partial charge in [0, 0.05) is 5.69 Å². The van der Waals surface area contributed by atoms with Crippen LogP contribution in [0.1, 0.15) is 12.5 Å². The molecule has 0 fully saturated rings. The monoisotopic (exact) mass is 206 g/mol. The number of ketones is 1. The second kappa shape index (κ2) is 5.26. The molecule has 1 amide bonds. The molecule has 3 N–H and O–H groups in total. The number of hydrogen-bond donors (Lipinski definition) is 2. The molecular weight excluding hydrogens is 192 g/mol. The summed E-state index contributed by atoms with van der Waals surface area (Å²) in [5.41, 5.74) is 7.33. The zero-order chi connectivity index (χ0) is 11.3. The predicted octanol–water partition coefficient (Wildman–Crippen LogP) is 0.714. The summed E-state index contributed by atoms with van der Waals surface area (Å²) in [7, 11) is 0. The molecule has 1 aromatic carbocycles. The van der Waals surface area contributed by atoms with E-state index in [4.69, 9.17) is 5.73 Å². The summed E-state index contributed by atoms with van der Waals surface area (Å²) in [6.07, 6.45) is 1.15. The summed E-state index contributed by atoms with van der Waals surface area (Å²) in [4.78, 5) is 21.1. The molecular formula is C11H14N2O2. The summed E-state index contributed by atoms with van der Waals surface area (Å²) in [6.45, 7) is 1.48. The van der Waals surface area contributed by atoms with Gasteiger partial charge in [-0.1, -0.05) is 12.1 Å². The van der Waals surface area contributed by atoms with Crippen LogP contribution in [-0.2, 0) is 16.0 Å². The number of rotatable bonds is 5. The first kappa shape index (κ1) is 11.4. The minimum atomic E-state index is -0.449. The van der Waals surface area contributed by atoms with Crippen molar-refractivity contribution in [2.75, 3.05) is 5.32 Å². The fraction of sp³-hybridized carbons (Fsp3) is 0.273. The summed E-state index contributed by atoms with van der Waals surface area (Å²) < 4.78 is 0. The Morgan fingerprint density at radius 3 is 2.53 bits per heavy atom. The normalized spacial score (nSPS) is 11.9. The fourth-order valence-electron chi connectivity index (χ4n) is 1.20. The van der Waals surface area contributed by atoms with Gasteiger partial charge in [0.2, 0.25) is 6.41 Å². The van der Waals surface area contributed by atoms with Gasteiger partial charge in [0.05, 0.1) is 6.04 Å². The van der Waals surface area contributed by atoms with Crippen LogP contribution in [-0.4, -0.2) is 18.2 Å². The standard InChI is InChI=1S/C11H14N2O2/c1-8(15)11(12)6-9-2-4-10(5-3-9)13-7-14/h2-5,7,11H,6,12H2,1H3,(H,13,14)/t11-/m0/s1. The Labute approximate surface area is 88.5 Å². The molecule has 0 radical (unpaired) electrons. The van der Waals surface area contributed by atoms with Gasteiger partial charge in [0.15, 0.2) is 0 Å². The van der Waals surface area contributed by atoms with E-state index in [1.807, 2.05) is 12.1 Å². The average Bonchev–Trinajstić information content (AvgIpc) is 2.21. The maximum absolute atomic E-state index is 10.9. The number of carbonyl (C=O) groups excluding carboxylic acids is 2. The van der Waals surface area contributed by atoms with E-state index in [1.165, 1.54) is 6.92 Å². The number of benzene rings is 1. The quantitative estimate of drug-likeness (QED) is 0.697. The first-order chi connectivity index (χ1) is 7.13. The van der Waals surface area contributed by atoms with Crippen molar-refractivity contribution in [1.82, 2.24) is 0 Å². The minimum Gasteiger partial charge on any atom is -0.329 e. The van der Waals surface area contributed by atoms with Crippen molar-refractivity contribution in [3.8, 4) is 0 Å². The molecule has 0 aliphatic carbocycles. The Morgan fingerprint density at radius 2 is 2.07 bits per heavy atom. The van der Waals surface area contributed by atoms with Crippen molar-refractivity contribution < 1.29 is 9.59 Å². The highest BCUT2D eigenvalue weighted by atomic mass is 16.1. The highest BCUT2D eigenvalue weighted by Crippen LogP contribution is 2.10. The molecule has 0 bridgehead atoms. The Kier molecular flexibility index (Phi) is 4.00. The predicted molar refractivity (Wildman–Crippen MR) is 58.5 cm³/mol. The molecule has 1 rings (SSSR count). The zero-order valence-electron chi connectivity index (χ0n) is 8.57. The number of nitrogens with one attached hydrogen (secondary N) is 1. The molecule has 1 atom stereocenters. The molecule has 15 heavy (non-hydrogen) atoms. The van der Waals surface area contributed by atoms with Crippen LogP contribution in [0.3, 0.4) is 0 Å². The average molecular weight is 206 g/mol. The lowest BCUT2D eigenvalue weighted by Crippen LogP contribution is -2.30. The van der Waals surface area contributed by atoms with Crippen LogP contribution < -0.4 is 11.1 Å². The topological polar surface area (TPSA) is 72.2 Å². The molecule has 0 saturated carbocycles. The van der Waals surface area contributed by atoms with E-state index in [0.29, 0.717) is 12.8 Å². The van der Waals surface area contributed by atoms with Crippen molar-refractivity contribution in [2.24, 2.45) is 5.73 Å². The molecule has 0 aliphatic heterocycles. The number of amides is 1. The Balaban J connectivity index is 2.64. The van der Waals surface area contributed by atoms with Crippen molar-refractivity contribution in [1.29, 1.82) is 0 Å². The third kappa shape index (κ3) is 3.52. The van der Waals surface area contributed by atoms with Gasteiger partial charge in [-0.05, 0) is 31.0 Å². The smallest absolute Gasteiger partial charge is 0.211 e. The minimum absolute atomic E-state index is 0.0231. The maximum Gasteiger partial charge on any atom is 0.211 e. The molecule has 0 heterocycles. The molecule has 0 unspecified atom stereocenters. The fourth-order valence-corrected chi connectivity index (χ4v) is 1.20. The summed E-state index contributed by atoms with van der Waals surface area (Å²) in [5.74, 6) is -0.0231. The third-order valence-electron chi connectivity index (χ3n) is 2.16. The maximum atomic E-state index is 10.9. The lowest BCUT2D eigenvalue weighted by molar-refractivity contribution is -0.118. The van der Waals surface area contributed by atoms with Crippen LogP contribution in [0.5, 0.6) is 0 Å². The van der Waals surface area contributed by atoms with Crippen molar-refractivity contribution >= 4 is 17.9 Å². The largest absolute Gasteiger partial charge is 0.329 e. The lowest BCUT2D eigenvalue weighted by Gasteiger charge is -2.08. The molecule has 0 aromatic heterocycles. The van der Waals surface area contributed by atoms with E-state index in [9.17, 15) is 9.59 Å². The Bertz CT molecular complexity index is 346. The van der Waals surface area contributed by atoms with Gasteiger partial charge in [-0.15, -0.1) is 0 Å². The van der Waals surface area contributed by atoms with Gasteiger partial charge in [-0.25, -0.2) is 0 Å². The van der Waals surface area contributed by atoms with Gasteiger partial charge in [-0.2, -0.15) is 0 Å². The van der Waals surface area contributed by atoms with Gasteiger partial charge >= 0.3 is 0 Å². The van der Waals surface area contributed by atoms with Crippen molar-refractivity contribution in [3.05, 3.63) is 29.8 Å². The number of Topliss-reactive ketones (excluding diaryl/α,β-unsaturated/α-hetero) is 1. The van der Waals surface area contributed by atoms with Crippen LogP contribution in [0.25, 0.3) is 0 Å². The van der Waals surface area contributed by atoms with Crippen molar-refractivity contribution in [3.63, 3.8) is 0 Å². The van der Waals surface area contributed by atoms with Crippen LogP contribution in [0.2, 0.25) is 0 Å². The number of hydrogen-bond acceptors (Lipinski definition) is 3. The summed E-state index contributed by atoms with van der Waals surface area (Å²) >= 11 is 0. The number of anilines is 1. The van der Waals surface area contributed by atoms with E-state index < -0.39 is 6.04 Å². The second-order valence-corrected chi connectivity index (χ2v) is 3.38. The number of nitrogens with two attached hydrogens (primary N) is 1. The molecule has 1 aromatic rings. The van der Waals surface area contributed by atoms with Crippen molar-refractivity contribution in [2.45, 2.75) is 19.4 Å². The lowest BCUT2D eigenvalue weighted by atomic mass is 10.0. The summed E-state index contributed by atoms with van der Waals surface area (Å²) in [5, 5.41) is 2.53. The van der Waals surface area contributed by atoms with Crippen LogP contribution in [0, 0.1) is 0 Å². The van der Waals surface area contributed by atoms with Gasteiger partial charge in [0.1, 0.15) is 5.78 Å². The van der Waals surface area contributed by atoms with E-state index in [0.717, 1.165) is 11.3 Å². The van der Waals surface area contributed by atoms with E-state index in [1.54, 1.807) is 12.1 Å². The van der Waals surface area contributed by atoms with E-state index in [2.05, 4.69) is 5.32 Å². The molecule has 0 saturated heterocycles. The highest BCUT2D eigenvalue weighted by molar-refractivity contribution is 5.81. The van der Waals surface area contributed by atoms with Crippen LogP contribution >= 0.6 is 0 Å². The SMILES string of the molecule is CC(=O)[C@@H](N)Cc1ccc(NC=O)cc1. The van der Waals surface area contributed by atoms with Crippen LogP contribution in [0.15, 0.2) is 24.3 Å². The summed E-state index contributed by atoms with van der Waals surface area (Å²) in [6, 6.07) is 6.78. The first-order valence-electron chi connectivity index (χ1n) is 4.68. The molecule has 80 valence electrons. The van der Waals surface area contributed by atoms with Gasteiger partial charge < -0.3 is 11.1 Å². The van der Waals surface area contributed by atoms with Gasteiger partial charge in [-0.3, -0.25) is 9.59 Å². The van der Waals surface area contributed by atoms with Crippen LogP contribution in [0.4, 0.5) is 5.69 Å². The zero-order valence-corrected chi connectivity index (χ0v) is 8.57. The van der Waals surface area contributed by atoms with E-state index in [-0.39, 0.29) is 5.78 Å². The highest BCUT2D eigenvalue weighted by Gasteiger charge is 2.08.